The van der Waals surface area contributed by atoms with Crippen molar-refractivity contribution >= 4 is 23.3 Å². The molecule has 0 amide bonds. The van der Waals surface area contributed by atoms with Crippen molar-refractivity contribution in [2.75, 3.05) is 14.2 Å². The molecule has 26 heavy (non-hydrogen) atoms. The molecule has 0 aromatic carbocycles. The van der Waals surface area contributed by atoms with Crippen molar-refractivity contribution in [2.24, 2.45) is 5.41 Å². The maximum absolute atomic E-state index is 12.2. The number of esters is 2. The van der Waals surface area contributed by atoms with E-state index in [1.165, 1.54) is 11.3 Å². The van der Waals surface area contributed by atoms with Crippen LogP contribution in [-0.4, -0.2) is 37.4 Å². The molecule has 0 fully saturated rings. The van der Waals surface area contributed by atoms with Gasteiger partial charge in [0, 0.05) is 23.8 Å². The summed E-state index contributed by atoms with van der Waals surface area (Å²) in [4.78, 5) is 24.5. The summed E-state index contributed by atoms with van der Waals surface area (Å²) in [6.45, 7) is 0. The number of methoxy groups -OCH3 is 2. The number of hydrogen-bond donors (Lipinski definition) is 1. The van der Waals surface area contributed by atoms with Gasteiger partial charge in [-0.25, -0.2) is 0 Å². The number of aliphatic hydroxyl groups is 1. The largest absolute Gasteiger partial charge is 0.468 e. The number of rotatable bonds is 4. The molecular weight excluding hydrogens is 352 g/mol. The summed E-state index contributed by atoms with van der Waals surface area (Å²) in [5.74, 6) is 16.0. The minimum atomic E-state index is -1.75. The molecular formula is C20H16O5S. The monoisotopic (exact) mass is 368 g/mol. The molecule has 0 radical (unpaired) electrons. The van der Waals surface area contributed by atoms with Crippen LogP contribution in [-0.2, 0) is 19.1 Å². The number of carbonyl (C=O) groups excluding carboxylic acids is 2. The Morgan fingerprint density at radius 2 is 1.88 bits per heavy atom. The normalized spacial score (nSPS) is 10.4. The fourth-order valence-electron chi connectivity index (χ4n) is 1.84. The fraction of sp³-hybridized carbons (Fsp3) is 0.300. The first kappa shape index (κ1) is 20.9. The number of ether oxygens (including phenoxy) is 2. The van der Waals surface area contributed by atoms with E-state index >= 15 is 0 Å². The lowest BCUT2D eigenvalue weighted by molar-refractivity contribution is -0.168. The number of aliphatic hydroxyl groups excluding tert-OH is 1. The zero-order valence-corrected chi connectivity index (χ0v) is 15.1. The number of hydrogen-bond acceptors (Lipinski definition) is 6. The molecule has 1 N–H and O–H groups in total. The lowest BCUT2D eigenvalue weighted by atomic mass is 9.81. The topological polar surface area (TPSA) is 72.8 Å². The Bertz CT molecular complexity index is 841. The predicted molar refractivity (Wildman–Crippen MR) is 97.3 cm³/mol. The lowest BCUT2D eigenvalue weighted by Crippen LogP contribution is -2.40. The van der Waals surface area contributed by atoms with Crippen LogP contribution >= 0.6 is 11.3 Å². The molecule has 1 heterocycles. The highest BCUT2D eigenvalue weighted by atomic mass is 32.1. The van der Waals surface area contributed by atoms with Crippen molar-refractivity contribution in [1.29, 1.82) is 0 Å². The van der Waals surface area contributed by atoms with Gasteiger partial charge in [0.15, 0.2) is 11.5 Å². The molecule has 132 valence electrons. The van der Waals surface area contributed by atoms with Crippen molar-refractivity contribution < 1.29 is 24.2 Å². The molecule has 1 rings (SSSR count). The Balaban J connectivity index is 3.09. The summed E-state index contributed by atoms with van der Waals surface area (Å²) in [7, 11) is 2.29. The standard InChI is InChI=1S/C20H16O5S/c1-4-17(21)10-8-13-20(18(22)24-2,19(23)25-3)12-7-5-6-9-16-11-14-26-15-16/h1,11,14-15,17,21H,12-13H2,2-3H3. The Morgan fingerprint density at radius 1 is 1.23 bits per heavy atom. The van der Waals surface area contributed by atoms with Crippen LogP contribution in [0.25, 0.3) is 0 Å². The van der Waals surface area contributed by atoms with Crippen molar-refractivity contribution in [3.63, 3.8) is 0 Å². The SMILES string of the molecule is C#CC(O)C#CCC(CC#CC#Cc1ccsc1)(C(=O)OC)C(=O)OC. The zero-order valence-electron chi connectivity index (χ0n) is 14.3. The van der Waals surface area contributed by atoms with E-state index in [0.29, 0.717) is 0 Å². The van der Waals surface area contributed by atoms with Crippen LogP contribution in [0.4, 0.5) is 0 Å². The first-order valence-corrected chi connectivity index (χ1v) is 8.25. The lowest BCUT2D eigenvalue weighted by Gasteiger charge is -2.23. The van der Waals surface area contributed by atoms with Gasteiger partial charge in [0.25, 0.3) is 0 Å². The van der Waals surface area contributed by atoms with Gasteiger partial charge < -0.3 is 14.6 Å². The van der Waals surface area contributed by atoms with E-state index in [4.69, 9.17) is 15.9 Å². The van der Waals surface area contributed by atoms with Crippen LogP contribution in [0.2, 0.25) is 0 Å². The molecule has 0 saturated heterocycles. The summed E-state index contributed by atoms with van der Waals surface area (Å²) < 4.78 is 9.45. The summed E-state index contributed by atoms with van der Waals surface area (Å²) in [5, 5.41) is 13.1. The van der Waals surface area contributed by atoms with Crippen molar-refractivity contribution in [3.05, 3.63) is 22.4 Å². The molecule has 1 unspecified atom stereocenters. The van der Waals surface area contributed by atoms with Gasteiger partial charge in [-0.3, -0.25) is 9.59 Å². The molecule has 1 atom stereocenters. The third-order valence-corrected chi connectivity index (χ3v) is 3.89. The van der Waals surface area contributed by atoms with Gasteiger partial charge in [0.2, 0.25) is 0 Å². The highest BCUT2D eigenvalue weighted by Gasteiger charge is 2.47. The third kappa shape index (κ3) is 5.73. The zero-order chi connectivity index (χ0) is 19.4. The minimum absolute atomic E-state index is 0.203. The van der Waals surface area contributed by atoms with E-state index in [2.05, 4.69) is 35.5 Å². The number of thiophene rings is 1. The van der Waals surface area contributed by atoms with Gasteiger partial charge in [-0.2, -0.15) is 11.3 Å². The van der Waals surface area contributed by atoms with Crippen molar-refractivity contribution in [2.45, 2.75) is 18.9 Å². The highest BCUT2D eigenvalue weighted by molar-refractivity contribution is 7.08. The maximum Gasteiger partial charge on any atom is 0.325 e. The Kier molecular flexibility index (Phi) is 8.56. The summed E-state index contributed by atoms with van der Waals surface area (Å²) in [5.41, 5.74) is -0.923. The van der Waals surface area contributed by atoms with E-state index in [0.717, 1.165) is 19.8 Å². The minimum Gasteiger partial charge on any atom is -0.468 e. The maximum atomic E-state index is 12.2. The van der Waals surface area contributed by atoms with E-state index in [9.17, 15) is 14.7 Å². The molecule has 6 heteroatoms. The van der Waals surface area contributed by atoms with Crippen LogP contribution in [0.5, 0.6) is 0 Å². The second-order valence-corrected chi connectivity index (χ2v) is 5.65. The van der Waals surface area contributed by atoms with Crippen LogP contribution < -0.4 is 0 Å². The number of terminal acetylenes is 1. The van der Waals surface area contributed by atoms with E-state index in [1.807, 2.05) is 22.7 Å². The fourth-order valence-corrected chi connectivity index (χ4v) is 2.43. The summed E-state index contributed by atoms with van der Waals surface area (Å²) in [6, 6.07) is 1.85. The van der Waals surface area contributed by atoms with Crippen LogP contribution in [0.3, 0.4) is 0 Å². The smallest absolute Gasteiger partial charge is 0.325 e. The Hall–Kier alpha value is -3.16. The molecule has 1 aromatic heterocycles. The Morgan fingerprint density at radius 3 is 2.42 bits per heavy atom. The van der Waals surface area contributed by atoms with E-state index in [1.54, 1.807) is 0 Å². The molecule has 0 bridgehead atoms. The average molecular weight is 368 g/mol. The average Bonchev–Trinajstić information content (AvgIpc) is 3.18. The van der Waals surface area contributed by atoms with E-state index in [-0.39, 0.29) is 12.8 Å². The van der Waals surface area contributed by atoms with Crippen molar-refractivity contribution in [1.82, 2.24) is 0 Å². The molecule has 0 aliphatic heterocycles. The molecule has 0 spiro atoms. The van der Waals surface area contributed by atoms with Gasteiger partial charge in [-0.15, -0.1) is 6.42 Å². The summed E-state index contributed by atoms with van der Waals surface area (Å²) >= 11 is 1.51. The molecule has 0 aliphatic rings. The highest BCUT2D eigenvalue weighted by Crippen LogP contribution is 2.29. The van der Waals surface area contributed by atoms with Gasteiger partial charge >= 0.3 is 11.9 Å². The molecule has 0 saturated carbocycles. The second-order valence-electron chi connectivity index (χ2n) is 4.87. The van der Waals surface area contributed by atoms with Gasteiger partial charge in [0.05, 0.1) is 14.2 Å². The van der Waals surface area contributed by atoms with Gasteiger partial charge in [-0.05, 0) is 23.3 Å². The van der Waals surface area contributed by atoms with Crippen LogP contribution in [0, 0.1) is 53.3 Å². The molecule has 5 nitrogen and oxygen atoms in total. The first-order chi connectivity index (χ1) is 12.5. The quantitative estimate of drug-likeness (QED) is 0.491. The Labute approximate surface area is 156 Å². The summed E-state index contributed by atoms with van der Waals surface area (Å²) in [6.07, 6.45) is 3.26. The van der Waals surface area contributed by atoms with Gasteiger partial charge in [-0.1, -0.05) is 29.6 Å². The van der Waals surface area contributed by atoms with Crippen LogP contribution in [0.15, 0.2) is 16.8 Å². The number of carbonyl (C=O) groups is 2. The second kappa shape index (κ2) is 10.7. The first-order valence-electron chi connectivity index (χ1n) is 7.30. The van der Waals surface area contributed by atoms with Crippen LogP contribution in [0.1, 0.15) is 18.4 Å². The molecule has 0 aliphatic carbocycles. The van der Waals surface area contributed by atoms with E-state index < -0.39 is 23.5 Å². The molecule has 1 aromatic rings. The van der Waals surface area contributed by atoms with Crippen molar-refractivity contribution in [3.8, 4) is 47.9 Å². The van der Waals surface area contributed by atoms with Gasteiger partial charge in [0.1, 0.15) is 0 Å². The third-order valence-electron chi connectivity index (χ3n) is 3.21. The predicted octanol–water partition coefficient (Wildman–Crippen LogP) is 1.21.